The SMILES string of the molecule is O=C(C#CCCO)Nc1ccc2nccc(Oc3ccc(C(=O)Nc4ccccn4)cc3)c2c1. The van der Waals surface area contributed by atoms with Gasteiger partial charge in [0.05, 0.1) is 12.1 Å². The summed E-state index contributed by atoms with van der Waals surface area (Å²) in [7, 11) is 0. The molecule has 8 heteroatoms. The van der Waals surface area contributed by atoms with E-state index in [1.807, 2.05) is 0 Å². The number of aromatic nitrogens is 2. The van der Waals surface area contributed by atoms with E-state index in [9.17, 15) is 9.59 Å². The summed E-state index contributed by atoms with van der Waals surface area (Å²) in [6, 6.07) is 18.9. The first-order valence-corrected chi connectivity index (χ1v) is 10.4. The third-order valence-corrected chi connectivity index (χ3v) is 4.65. The average Bonchev–Trinajstić information content (AvgIpc) is 2.85. The van der Waals surface area contributed by atoms with Crippen molar-refractivity contribution >= 4 is 34.2 Å². The third-order valence-electron chi connectivity index (χ3n) is 4.65. The molecule has 0 radical (unpaired) electrons. The summed E-state index contributed by atoms with van der Waals surface area (Å²) in [6.07, 6.45) is 3.47. The van der Waals surface area contributed by atoms with E-state index >= 15 is 0 Å². The standard InChI is InChI=1S/C26H20N4O4/c31-16-4-2-6-25(32)29-19-9-12-22-21(17-19)23(13-15-27-22)34-20-10-7-18(8-11-20)26(33)30-24-5-1-3-14-28-24/h1,3,5,7-15,17,31H,4,16H2,(H,29,32)(H,28,30,33). The van der Waals surface area contributed by atoms with Crippen molar-refractivity contribution in [3.8, 4) is 23.3 Å². The molecule has 0 saturated carbocycles. The van der Waals surface area contributed by atoms with Crippen LogP contribution in [-0.4, -0.2) is 33.5 Å². The number of carbonyl (C=O) groups excluding carboxylic acids is 2. The van der Waals surface area contributed by atoms with Crippen LogP contribution in [0.3, 0.4) is 0 Å². The number of rotatable bonds is 6. The number of nitrogens with zero attached hydrogens (tertiary/aromatic N) is 2. The first-order valence-electron chi connectivity index (χ1n) is 10.4. The van der Waals surface area contributed by atoms with Crippen molar-refractivity contribution in [3.63, 3.8) is 0 Å². The van der Waals surface area contributed by atoms with E-state index in [1.165, 1.54) is 0 Å². The Balaban J connectivity index is 1.49. The lowest BCUT2D eigenvalue weighted by Gasteiger charge is -2.11. The molecule has 4 rings (SSSR count). The van der Waals surface area contributed by atoms with Gasteiger partial charge in [0.15, 0.2) is 0 Å². The molecule has 2 heterocycles. The van der Waals surface area contributed by atoms with E-state index in [2.05, 4.69) is 32.4 Å². The van der Waals surface area contributed by atoms with Crippen molar-refractivity contribution < 1.29 is 19.4 Å². The van der Waals surface area contributed by atoms with Crippen molar-refractivity contribution in [1.82, 2.24) is 9.97 Å². The predicted octanol–water partition coefficient (Wildman–Crippen LogP) is 4.00. The quantitative estimate of drug-likeness (QED) is 0.381. The molecule has 3 N–H and O–H groups in total. The summed E-state index contributed by atoms with van der Waals surface area (Å²) in [6.45, 7) is -0.0987. The monoisotopic (exact) mass is 452 g/mol. The lowest BCUT2D eigenvalue weighted by atomic mass is 10.1. The summed E-state index contributed by atoms with van der Waals surface area (Å²) in [5.74, 6) is 5.80. The third kappa shape index (κ3) is 5.73. The fraction of sp³-hybridized carbons (Fsp3) is 0.0769. The highest BCUT2D eigenvalue weighted by atomic mass is 16.5. The topological polar surface area (TPSA) is 113 Å². The number of carbonyl (C=O) groups is 2. The van der Waals surface area contributed by atoms with E-state index in [-0.39, 0.29) is 18.9 Å². The first kappa shape index (κ1) is 22.5. The van der Waals surface area contributed by atoms with Crippen LogP contribution in [0.5, 0.6) is 11.5 Å². The molecule has 0 aliphatic rings. The van der Waals surface area contributed by atoms with E-state index in [0.29, 0.717) is 39.5 Å². The molecular formula is C26H20N4O4. The molecule has 0 saturated heterocycles. The Morgan fingerprint density at radius 3 is 2.56 bits per heavy atom. The lowest BCUT2D eigenvalue weighted by molar-refractivity contribution is -0.111. The zero-order chi connectivity index (χ0) is 23.8. The second-order valence-electron chi connectivity index (χ2n) is 7.07. The average molecular weight is 452 g/mol. The van der Waals surface area contributed by atoms with Crippen LogP contribution >= 0.6 is 0 Å². The van der Waals surface area contributed by atoms with Gasteiger partial charge in [0.25, 0.3) is 11.8 Å². The van der Waals surface area contributed by atoms with E-state index < -0.39 is 5.91 Å². The summed E-state index contributed by atoms with van der Waals surface area (Å²) in [5.41, 5.74) is 1.69. The van der Waals surface area contributed by atoms with Crippen LogP contribution in [-0.2, 0) is 4.79 Å². The number of hydrogen-bond acceptors (Lipinski definition) is 6. The molecule has 4 aromatic rings. The fourth-order valence-electron chi connectivity index (χ4n) is 3.08. The summed E-state index contributed by atoms with van der Waals surface area (Å²) in [4.78, 5) is 32.8. The van der Waals surface area contributed by atoms with Gasteiger partial charge in [0.1, 0.15) is 17.3 Å². The largest absolute Gasteiger partial charge is 0.457 e. The zero-order valence-electron chi connectivity index (χ0n) is 18.0. The van der Waals surface area contributed by atoms with Crippen LogP contribution in [0.4, 0.5) is 11.5 Å². The molecule has 0 aliphatic heterocycles. The molecule has 0 fully saturated rings. The number of hydrogen-bond donors (Lipinski definition) is 3. The molecule has 168 valence electrons. The molecule has 0 atom stereocenters. The number of nitrogens with one attached hydrogen (secondary N) is 2. The van der Waals surface area contributed by atoms with Gasteiger partial charge in [-0.05, 0) is 66.6 Å². The lowest BCUT2D eigenvalue weighted by Crippen LogP contribution is -2.12. The minimum Gasteiger partial charge on any atom is -0.457 e. The second-order valence-corrected chi connectivity index (χ2v) is 7.07. The number of fused-ring (bicyclic) bond motifs is 1. The number of aliphatic hydroxyl groups excluding tert-OH is 1. The zero-order valence-corrected chi connectivity index (χ0v) is 18.0. The van der Waals surface area contributed by atoms with Crippen LogP contribution in [0.25, 0.3) is 10.9 Å². The van der Waals surface area contributed by atoms with E-state index in [0.717, 1.165) is 0 Å². The number of aliphatic hydroxyl groups is 1. The summed E-state index contributed by atoms with van der Waals surface area (Å²) in [5, 5.41) is 14.9. The molecule has 0 unspecified atom stereocenters. The Morgan fingerprint density at radius 2 is 1.79 bits per heavy atom. The Bertz CT molecular complexity index is 1380. The van der Waals surface area contributed by atoms with Crippen LogP contribution < -0.4 is 15.4 Å². The Kier molecular flexibility index (Phi) is 7.08. The first-order chi connectivity index (χ1) is 16.6. The van der Waals surface area contributed by atoms with Gasteiger partial charge in [-0.3, -0.25) is 14.6 Å². The second kappa shape index (κ2) is 10.7. The summed E-state index contributed by atoms with van der Waals surface area (Å²) < 4.78 is 6.03. The van der Waals surface area contributed by atoms with Crippen molar-refractivity contribution in [2.45, 2.75) is 6.42 Å². The molecule has 0 bridgehead atoms. The fourth-order valence-corrected chi connectivity index (χ4v) is 3.08. The van der Waals surface area contributed by atoms with Gasteiger partial charge in [0, 0.05) is 35.5 Å². The molecule has 0 aliphatic carbocycles. The molecule has 2 aromatic heterocycles. The highest BCUT2D eigenvalue weighted by Crippen LogP contribution is 2.31. The molecule has 8 nitrogen and oxygen atoms in total. The van der Waals surface area contributed by atoms with Gasteiger partial charge in [-0.1, -0.05) is 12.0 Å². The predicted molar refractivity (Wildman–Crippen MR) is 129 cm³/mol. The van der Waals surface area contributed by atoms with Gasteiger partial charge in [-0.2, -0.15) is 0 Å². The van der Waals surface area contributed by atoms with Gasteiger partial charge in [-0.15, -0.1) is 0 Å². The van der Waals surface area contributed by atoms with Crippen molar-refractivity contribution in [2.24, 2.45) is 0 Å². The number of pyridine rings is 2. The molecule has 2 aromatic carbocycles. The summed E-state index contributed by atoms with van der Waals surface area (Å²) >= 11 is 0. The van der Waals surface area contributed by atoms with E-state index in [1.54, 1.807) is 79.1 Å². The van der Waals surface area contributed by atoms with Gasteiger partial charge < -0.3 is 20.5 Å². The van der Waals surface area contributed by atoms with Gasteiger partial charge in [-0.25, -0.2) is 4.98 Å². The maximum Gasteiger partial charge on any atom is 0.300 e. The van der Waals surface area contributed by atoms with Crippen LogP contribution in [0, 0.1) is 11.8 Å². The number of ether oxygens (including phenoxy) is 1. The highest BCUT2D eigenvalue weighted by Gasteiger charge is 2.10. The minimum atomic E-state index is -0.473. The number of amides is 2. The van der Waals surface area contributed by atoms with Gasteiger partial charge in [0.2, 0.25) is 0 Å². The van der Waals surface area contributed by atoms with Crippen molar-refractivity contribution in [3.05, 3.63) is 84.7 Å². The molecule has 0 spiro atoms. The van der Waals surface area contributed by atoms with Crippen molar-refractivity contribution in [1.29, 1.82) is 0 Å². The van der Waals surface area contributed by atoms with Crippen molar-refractivity contribution in [2.75, 3.05) is 17.2 Å². The van der Waals surface area contributed by atoms with Crippen LogP contribution in [0.1, 0.15) is 16.8 Å². The van der Waals surface area contributed by atoms with Gasteiger partial charge >= 0.3 is 0 Å². The smallest absolute Gasteiger partial charge is 0.300 e. The molecule has 34 heavy (non-hydrogen) atoms. The number of benzene rings is 2. The Morgan fingerprint density at radius 1 is 0.941 bits per heavy atom. The van der Waals surface area contributed by atoms with Crippen LogP contribution in [0.15, 0.2) is 79.1 Å². The maximum absolute atomic E-state index is 12.4. The maximum atomic E-state index is 12.4. The minimum absolute atomic E-state index is 0.0987. The van der Waals surface area contributed by atoms with E-state index in [4.69, 9.17) is 9.84 Å². The normalized spacial score (nSPS) is 10.1. The Hall–Kier alpha value is -4.74. The molecule has 2 amide bonds. The molecular weight excluding hydrogens is 432 g/mol. The highest BCUT2D eigenvalue weighted by molar-refractivity contribution is 6.05. The Labute approximate surface area is 195 Å². The number of anilines is 2. The van der Waals surface area contributed by atoms with Crippen LogP contribution in [0.2, 0.25) is 0 Å².